The van der Waals surface area contributed by atoms with Gasteiger partial charge in [0, 0.05) is 17.8 Å². The molecule has 0 amide bonds. The zero-order valence-corrected chi connectivity index (χ0v) is 18.9. The third kappa shape index (κ3) is 5.83. The van der Waals surface area contributed by atoms with Crippen molar-refractivity contribution >= 4 is 37.1 Å². The molecule has 0 aliphatic heterocycles. The molecule has 9 nitrogen and oxygen atoms in total. The zero-order chi connectivity index (χ0) is 23.5. The standard InChI is InChI=1S/C21H21N3O6S2/c1-15-6-7-16(2)21(12-15)23-32(29,30)20-10-8-18(9-11-20)22-31(27,28)14-17-4-3-5-19(13-17)24(25)26/h3-13,22-23H,14H2,1-2H3. The molecule has 0 radical (unpaired) electrons. The van der Waals surface area contributed by atoms with Crippen LogP contribution in [0.4, 0.5) is 17.1 Å². The summed E-state index contributed by atoms with van der Waals surface area (Å²) in [7, 11) is -7.74. The van der Waals surface area contributed by atoms with Crippen molar-refractivity contribution in [1.82, 2.24) is 0 Å². The van der Waals surface area contributed by atoms with Gasteiger partial charge in [0.2, 0.25) is 10.0 Å². The van der Waals surface area contributed by atoms with Crippen LogP contribution in [0.15, 0.2) is 71.6 Å². The molecule has 0 fully saturated rings. The number of non-ortho nitro benzene ring substituents is 1. The summed E-state index contributed by atoms with van der Waals surface area (Å²) in [6.07, 6.45) is 0. The quantitative estimate of drug-likeness (QED) is 0.374. The summed E-state index contributed by atoms with van der Waals surface area (Å²) in [5.74, 6) is -0.469. The minimum Gasteiger partial charge on any atom is -0.283 e. The maximum atomic E-state index is 12.7. The Morgan fingerprint density at radius 3 is 2.22 bits per heavy atom. The number of hydrogen-bond acceptors (Lipinski definition) is 6. The average Bonchev–Trinajstić information content (AvgIpc) is 2.70. The molecule has 0 bridgehead atoms. The highest BCUT2D eigenvalue weighted by atomic mass is 32.2. The van der Waals surface area contributed by atoms with Gasteiger partial charge in [0.05, 0.1) is 21.3 Å². The van der Waals surface area contributed by atoms with Gasteiger partial charge in [0.25, 0.3) is 15.7 Å². The summed E-state index contributed by atoms with van der Waals surface area (Å²) in [4.78, 5) is 10.2. The number of anilines is 2. The van der Waals surface area contributed by atoms with Crippen molar-refractivity contribution in [2.75, 3.05) is 9.44 Å². The average molecular weight is 476 g/mol. The normalized spacial score (nSPS) is 11.7. The van der Waals surface area contributed by atoms with Crippen molar-refractivity contribution in [2.45, 2.75) is 24.5 Å². The van der Waals surface area contributed by atoms with Crippen LogP contribution >= 0.6 is 0 Å². The first-order valence-electron chi connectivity index (χ1n) is 9.39. The molecular weight excluding hydrogens is 454 g/mol. The second-order valence-electron chi connectivity index (χ2n) is 7.24. The number of rotatable bonds is 8. The van der Waals surface area contributed by atoms with Crippen molar-refractivity contribution in [3.8, 4) is 0 Å². The lowest BCUT2D eigenvalue weighted by Crippen LogP contribution is -2.16. The highest BCUT2D eigenvalue weighted by Crippen LogP contribution is 2.23. The number of nitrogens with zero attached hydrogens (tertiary/aromatic N) is 1. The van der Waals surface area contributed by atoms with E-state index in [1.165, 1.54) is 48.5 Å². The first-order chi connectivity index (χ1) is 14.9. The topological polar surface area (TPSA) is 135 Å². The summed E-state index contributed by atoms with van der Waals surface area (Å²) in [5, 5.41) is 10.9. The molecule has 0 spiro atoms. The van der Waals surface area contributed by atoms with Crippen LogP contribution in [-0.2, 0) is 25.8 Å². The predicted molar refractivity (Wildman–Crippen MR) is 123 cm³/mol. The SMILES string of the molecule is Cc1ccc(C)c(NS(=O)(=O)c2ccc(NS(=O)(=O)Cc3cccc([N+](=O)[O-])c3)cc2)c1. The number of aryl methyl sites for hydroxylation is 2. The molecule has 0 atom stereocenters. The molecule has 168 valence electrons. The number of benzene rings is 3. The third-order valence-corrected chi connectivity index (χ3v) is 7.19. The highest BCUT2D eigenvalue weighted by molar-refractivity contribution is 7.92. The molecule has 0 heterocycles. The lowest BCUT2D eigenvalue weighted by Gasteiger charge is -2.12. The Morgan fingerprint density at radius 1 is 0.875 bits per heavy atom. The van der Waals surface area contributed by atoms with Crippen LogP contribution in [-0.4, -0.2) is 21.8 Å². The van der Waals surface area contributed by atoms with E-state index < -0.39 is 30.7 Å². The van der Waals surface area contributed by atoms with Gasteiger partial charge in [-0.15, -0.1) is 0 Å². The Morgan fingerprint density at radius 2 is 1.56 bits per heavy atom. The van der Waals surface area contributed by atoms with Crippen molar-refractivity contribution in [2.24, 2.45) is 0 Å². The van der Waals surface area contributed by atoms with Crippen molar-refractivity contribution in [1.29, 1.82) is 0 Å². The highest BCUT2D eigenvalue weighted by Gasteiger charge is 2.18. The smallest absolute Gasteiger partial charge is 0.269 e. The molecule has 2 N–H and O–H groups in total. The summed E-state index contributed by atoms with van der Waals surface area (Å²) in [5.41, 5.74) is 2.35. The molecule has 3 aromatic rings. The zero-order valence-electron chi connectivity index (χ0n) is 17.3. The molecule has 0 aliphatic carbocycles. The fourth-order valence-electron chi connectivity index (χ4n) is 2.95. The molecule has 32 heavy (non-hydrogen) atoms. The van der Waals surface area contributed by atoms with Crippen LogP contribution in [0, 0.1) is 24.0 Å². The van der Waals surface area contributed by atoms with Gasteiger partial charge in [-0.05, 0) is 60.9 Å². The fraction of sp³-hybridized carbons (Fsp3) is 0.143. The maximum absolute atomic E-state index is 12.7. The van der Waals surface area contributed by atoms with E-state index in [1.54, 1.807) is 13.0 Å². The Balaban J connectivity index is 1.74. The molecule has 0 aromatic heterocycles. The van der Waals surface area contributed by atoms with Crippen LogP contribution in [0.3, 0.4) is 0 Å². The van der Waals surface area contributed by atoms with Gasteiger partial charge in [-0.1, -0.05) is 24.3 Å². The molecule has 0 unspecified atom stereocenters. The van der Waals surface area contributed by atoms with Gasteiger partial charge in [0.15, 0.2) is 0 Å². The van der Waals surface area contributed by atoms with E-state index in [0.717, 1.165) is 11.1 Å². The number of sulfonamides is 2. The first kappa shape index (κ1) is 23.2. The van der Waals surface area contributed by atoms with E-state index in [1.807, 2.05) is 19.1 Å². The van der Waals surface area contributed by atoms with E-state index in [9.17, 15) is 26.9 Å². The van der Waals surface area contributed by atoms with Gasteiger partial charge in [0.1, 0.15) is 0 Å². The minimum atomic E-state index is -3.88. The van der Waals surface area contributed by atoms with Gasteiger partial charge >= 0.3 is 0 Å². The second-order valence-corrected chi connectivity index (χ2v) is 10.6. The van der Waals surface area contributed by atoms with Crippen LogP contribution in [0.2, 0.25) is 0 Å². The third-order valence-electron chi connectivity index (χ3n) is 4.55. The molecule has 11 heteroatoms. The summed E-state index contributed by atoms with van der Waals surface area (Å²) in [6.45, 7) is 3.64. The van der Waals surface area contributed by atoms with Crippen LogP contribution in [0.5, 0.6) is 0 Å². The van der Waals surface area contributed by atoms with Crippen molar-refractivity contribution in [3.05, 3.63) is 93.5 Å². The maximum Gasteiger partial charge on any atom is 0.269 e. The van der Waals surface area contributed by atoms with Crippen LogP contribution < -0.4 is 9.44 Å². The largest absolute Gasteiger partial charge is 0.283 e. The second kappa shape index (κ2) is 8.97. The number of nitrogens with one attached hydrogen (secondary N) is 2. The number of hydrogen-bond donors (Lipinski definition) is 2. The lowest BCUT2D eigenvalue weighted by atomic mass is 10.1. The van der Waals surface area contributed by atoms with Crippen LogP contribution in [0.1, 0.15) is 16.7 Å². The number of nitro benzene ring substituents is 1. The van der Waals surface area contributed by atoms with Crippen molar-refractivity contribution < 1.29 is 21.8 Å². The Bertz CT molecular complexity index is 1370. The predicted octanol–water partition coefficient (Wildman–Crippen LogP) is 3.95. The minimum absolute atomic E-state index is 0.0277. The lowest BCUT2D eigenvalue weighted by molar-refractivity contribution is -0.384. The summed E-state index contributed by atoms with van der Waals surface area (Å²) < 4.78 is 55.1. The van der Waals surface area contributed by atoms with E-state index in [2.05, 4.69) is 9.44 Å². The Kier molecular flexibility index (Phi) is 6.51. The van der Waals surface area contributed by atoms with E-state index in [4.69, 9.17) is 0 Å². The first-order valence-corrected chi connectivity index (χ1v) is 12.5. The number of nitro groups is 1. The summed E-state index contributed by atoms with van der Waals surface area (Å²) in [6, 6.07) is 16.0. The van der Waals surface area contributed by atoms with Crippen molar-refractivity contribution in [3.63, 3.8) is 0 Å². The van der Waals surface area contributed by atoms with E-state index in [0.29, 0.717) is 5.69 Å². The fourth-order valence-corrected chi connectivity index (χ4v) is 5.25. The van der Waals surface area contributed by atoms with Gasteiger partial charge in [-0.25, -0.2) is 16.8 Å². The monoisotopic (exact) mass is 475 g/mol. The molecule has 0 saturated carbocycles. The summed E-state index contributed by atoms with van der Waals surface area (Å²) >= 11 is 0. The van der Waals surface area contributed by atoms with Gasteiger partial charge < -0.3 is 0 Å². The molecule has 3 rings (SSSR count). The molecular formula is C21H21N3O6S2. The molecule has 0 aliphatic rings. The Labute approximate surface area is 186 Å². The van der Waals surface area contributed by atoms with E-state index >= 15 is 0 Å². The molecule has 0 saturated heterocycles. The van der Waals surface area contributed by atoms with Gasteiger partial charge in [-0.2, -0.15) is 0 Å². The van der Waals surface area contributed by atoms with Gasteiger partial charge in [-0.3, -0.25) is 19.6 Å². The molecule has 3 aromatic carbocycles. The van der Waals surface area contributed by atoms with E-state index in [-0.39, 0.29) is 21.8 Å². The Hall–Kier alpha value is -3.44. The van der Waals surface area contributed by atoms with Crippen LogP contribution in [0.25, 0.3) is 0 Å².